The topological polar surface area (TPSA) is 62.0 Å². The van der Waals surface area contributed by atoms with Gasteiger partial charge in [-0.25, -0.2) is 0 Å². The van der Waals surface area contributed by atoms with Gasteiger partial charge in [-0.1, -0.05) is 0 Å². The molecule has 1 aromatic rings. The molecule has 5 nitrogen and oxygen atoms in total. The Morgan fingerprint density at radius 3 is 2.70 bits per heavy atom. The Morgan fingerprint density at radius 2 is 2.04 bits per heavy atom. The molecule has 1 aromatic heterocycles. The van der Waals surface area contributed by atoms with Crippen molar-refractivity contribution in [2.45, 2.75) is 64.0 Å². The lowest BCUT2D eigenvalue weighted by Gasteiger charge is -2.45. The van der Waals surface area contributed by atoms with E-state index < -0.39 is 0 Å². The summed E-state index contributed by atoms with van der Waals surface area (Å²) < 4.78 is 6.02. The average Bonchev–Trinajstić information content (AvgIpc) is 3.10. The van der Waals surface area contributed by atoms with Gasteiger partial charge in [-0.05, 0) is 53.0 Å². The Labute approximate surface area is 140 Å². The summed E-state index contributed by atoms with van der Waals surface area (Å²) in [4.78, 5) is 0. The maximum Gasteiger partial charge on any atom is 0.0697 e. The van der Waals surface area contributed by atoms with Crippen molar-refractivity contribution < 1.29 is 4.74 Å². The maximum atomic E-state index is 6.02. The number of ether oxygens (including phenoxy) is 1. The number of aromatic amines is 1. The number of H-pyrrole nitrogens is 1. The van der Waals surface area contributed by atoms with Crippen LogP contribution in [0.5, 0.6) is 0 Å². The zero-order valence-corrected chi connectivity index (χ0v) is 14.9. The molecule has 2 heterocycles. The summed E-state index contributed by atoms with van der Waals surface area (Å²) in [6.07, 6.45) is 8.30. The van der Waals surface area contributed by atoms with Gasteiger partial charge in [0.2, 0.25) is 0 Å². The number of hydrogen-bond acceptors (Lipinski definition) is 4. The van der Waals surface area contributed by atoms with Gasteiger partial charge in [0.1, 0.15) is 0 Å². The average molecular weight is 320 g/mol. The first-order chi connectivity index (χ1) is 11.1. The smallest absolute Gasteiger partial charge is 0.0697 e. The van der Waals surface area contributed by atoms with Crippen LogP contribution in [0.3, 0.4) is 0 Å². The van der Waals surface area contributed by atoms with Gasteiger partial charge in [-0.15, -0.1) is 0 Å². The predicted octanol–water partition coefficient (Wildman–Crippen LogP) is 2.56. The van der Waals surface area contributed by atoms with Crippen LogP contribution in [0.15, 0.2) is 6.20 Å². The molecule has 1 spiro atoms. The minimum absolute atomic E-state index is 0.0427. The highest BCUT2D eigenvalue weighted by molar-refractivity contribution is 5.22. The third kappa shape index (κ3) is 3.32. The van der Waals surface area contributed by atoms with E-state index in [1.807, 2.05) is 7.05 Å². The van der Waals surface area contributed by atoms with E-state index in [4.69, 9.17) is 4.74 Å². The Morgan fingerprint density at radius 1 is 1.26 bits per heavy atom. The number of nitrogens with zero attached hydrogens (tertiary/aromatic N) is 1. The van der Waals surface area contributed by atoms with Gasteiger partial charge in [-0.3, -0.25) is 5.10 Å². The van der Waals surface area contributed by atoms with Gasteiger partial charge in [-0.2, -0.15) is 5.10 Å². The van der Waals surface area contributed by atoms with Crippen molar-refractivity contribution in [1.82, 2.24) is 20.8 Å². The molecule has 3 N–H and O–H groups in total. The summed E-state index contributed by atoms with van der Waals surface area (Å²) in [5.41, 5.74) is 3.06. The van der Waals surface area contributed by atoms with E-state index in [9.17, 15) is 0 Å². The summed E-state index contributed by atoms with van der Waals surface area (Å²) >= 11 is 0. The zero-order valence-electron chi connectivity index (χ0n) is 14.9. The third-order valence-corrected chi connectivity index (χ3v) is 6.27. The van der Waals surface area contributed by atoms with Crippen LogP contribution in [0.4, 0.5) is 0 Å². The Bertz CT molecular complexity index is 503. The van der Waals surface area contributed by atoms with Crippen molar-refractivity contribution >= 4 is 0 Å². The van der Waals surface area contributed by atoms with Crippen molar-refractivity contribution in [2.24, 2.45) is 5.41 Å². The maximum absolute atomic E-state index is 6.02. The molecular formula is C18H32N4O. The standard InChI is InChI=1S/C18H32N4O/c1-17(2)18(8-11-23-17)6-4-14(5-7-18)16-15(13-21-22-16)12-20-10-9-19-3/h13-14,19-20H,4-12H2,1-3H3,(H,21,22)/t14-,18-. The molecule has 0 aromatic carbocycles. The van der Waals surface area contributed by atoms with Gasteiger partial charge in [0, 0.05) is 49.3 Å². The zero-order chi connectivity index (χ0) is 16.3. The lowest BCUT2D eigenvalue weighted by molar-refractivity contribution is -0.0510. The van der Waals surface area contributed by atoms with Crippen LogP contribution in [0, 0.1) is 5.41 Å². The number of likely N-dealkylation sites (N-methyl/N-ethyl adjacent to an activating group) is 1. The summed E-state index contributed by atoms with van der Waals surface area (Å²) in [6.45, 7) is 8.39. The van der Waals surface area contributed by atoms with Gasteiger partial charge in [0.05, 0.1) is 11.3 Å². The minimum atomic E-state index is 0.0427. The van der Waals surface area contributed by atoms with Crippen LogP contribution < -0.4 is 10.6 Å². The van der Waals surface area contributed by atoms with E-state index in [1.165, 1.54) is 43.4 Å². The number of rotatable bonds is 6. The second-order valence-corrected chi connectivity index (χ2v) is 7.74. The third-order valence-electron chi connectivity index (χ3n) is 6.27. The number of nitrogens with one attached hydrogen (secondary N) is 3. The van der Waals surface area contributed by atoms with E-state index in [2.05, 4.69) is 40.9 Å². The fourth-order valence-corrected chi connectivity index (χ4v) is 4.51. The highest BCUT2D eigenvalue weighted by Gasteiger charge is 2.51. The molecule has 130 valence electrons. The van der Waals surface area contributed by atoms with E-state index in [0.717, 1.165) is 26.2 Å². The van der Waals surface area contributed by atoms with Gasteiger partial charge < -0.3 is 15.4 Å². The largest absolute Gasteiger partial charge is 0.375 e. The van der Waals surface area contributed by atoms with Crippen LogP contribution in [-0.4, -0.2) is 42.5 Å². The molecule has 1 saturated heterocycles. The summed E-state index contributed by atoms with van der Waals surface area (Å²) in [5.74, 6) is 0.601. The highest BCUT2D eigenvalue weighted by Crippen LogP contribution is 2.55. The van der Waals surface area contributed by atoms with Gasteiger partial charge >= 0.3 is 0 Å². The van der Waals surface area contributed by atoms with Crippen LogP contribution in [-0.2, 0) is 11.3 Å². The molecule has 1 aliphatic carbocycles. The quantitative estimate of drug-likeness (QED) is 0.705. The second kappa shape index (κ2) is 6.91. The van der Waals surface area contributed by atoms with Crippen molar-refractivity contribution in [3.05, 3.63) is 17.5 Å². The van der Waals surface area contributed by atoms with Crippen molar-refractivity contribution in [2.75, 3.05) is 26.7 Å². The van der Waals surface area contributed by atoms with Crippen LogP contribution in [0.2, 0.25) is 0 Å². The summed E-state index contributed by atoms with van der Waals surface area (Å²) in [6, 6.07) is 0. The molecule has 23 heavy (non-hydrogen) atoms. The molecule has 0 unspecified atom stereocenters. The minimum Gasteiger partial charge on any atom is -0.375 e. The number of aromatic nitrogens is 2. The lowest BCUT2D eigenvalue weighted by Crippen LogP contribution is -2.42. The molecule has 1 aliphatic heterocycles. The fourth-order valence-electron chi connectivity index (χ4n) is 4.51. The van der Waals surface area contributed by atoms with Crippen molar-refractivity contribution in [3.8, 4) is 0 Å². The molecule has 2 aliphatic rings. The Balaban J connectivity index is 1.59. The predicted molar refractivity (Wildman–Crippen MR) is 92.5 cm³/mol. The van der Waals surface area contributed by atoms with Crippen LogP contribution >= 0.6 is 0 Å². The molecule has 5 heteroatoms. The van der Waals surface area contributed by atoms with Crippen LogP contribution in [0.25, 0.3) is 0 Å². The van der Waals surface area contributed by atoms with Crippen molar-refractivity contribution in [3.63, 3.8) is 0 Å². The molecule has 0 amide bonds. The highest BCUT2D eigenvalue weighted by atomic mass is 16.5. The van der Waals surface area contributed by atoms with Gasteiger partial charge in [0.15, 0.2) is 0 Å². The van der Waals surface area contributed by atoms with E-state index >= 15 is 0 Å². The van der Waals surface area contributed by atoms with E-state index in [1.54, 1.807) is 0 Å². The molecule has 2 fully saturated rings. The normalized spacial score (nSPS) is 30.1. The number of hydrogen-bond donors (Lipinski definition) is 3. The first kappa shape index (κ1) is 16.9. The summed E-state index contributed by atoms with van der Waals surface area (Å²) in [5, 5.41) is 14.3. The summed E-state index contributed by atoms with van der Waals surface area (Å²) in [7, 11) is 1.98. The first-order valence-corrected chi connectivity index (χ1v) is 9.10. The Kier molecular flexibility index (Phi) is 5.09. The van der Waals surface area contributed by atoms with Crippen LogP contribution in [0.1, 0.15) is 63.1 Å². The lowest BCUT2D eigenvalue weighted by atomic mass is 9.61. The second-order valence-electron chi connectivity index (χ2n) is 7.74. The molecule has 0 atom stereocenters. The van der Waals surface area contributed by atoms with Crippen molar-refractivity contribution in [1.29, 1.82) is 0 Å². The fraction of sp³-hybridized carbons (Fsp3) is 0.833. The molecule has 3 rings (SSSR count). The van der Waals surface area contributed by atoms with Gasteiger partial charge in [0.25, 0.3) is 0 Å². The van der Waals surface area contributed by atoms with E-state index in [0.29, 0.717) is 11.3 Å². The molecular weight excluding hydrogens is 288 g/mol. The Hall–Kier alpha value is -0.910. The first-order valence-electron chi connectivity index (χ1n) is 9.10. The monoisotopic (exact) mass is 320 g/mol. The molecule has 1 saturated carbocycles. The molecule has 0 bridgehead atoms. The molecule has 0 radical (unpaired) electrons. The van der Waals surface area contributed by atoms with E-state index in [-0.39, 0.29) is 5.60 Å². The SMILES string of the molecule is CNCCNCc1c[nH]nc1[C@H]1CC[C@@]2(CCOC2(C)C)CC1.